The summed E-state index contributed by atoms with van der Waals surface area (Å²) < 4.78 is 10.9. The van der Waals surface area contributed by atoms with Gasteiger partial charge < -0.3 is 14.8 Å². The van der Waals surface area contributed by atoms with Gasteiger partial charge in [0.2, 0.25) is 0 Å². The normalized spacial score (nSPS) is 15.9. The predicted octanol–water partition coefficient (Wildman–Crippen LogP) is 3.76. The fourth-order valence-electron chi connectivity index (χ4n) is 2.79. The van der Waals surface area contributed by atoms with Crippen LogP contribution in [0.1, 0.15) is 45.1 Å². The minimum Gasteiger partial charge on any atom is -0.493 e. The van der Waals surface area contributed by atoms with Crippen LogP contribution in [0.5, 0.6) is 11.5 Å². The molecule has 0 saturated heterocycles. The maximum Gasteiger partial charge on any atom is 0.161 e. The molecule has 1 aliphatic carbocycles. The maximum atomic E-state index is 5.54. The zero-order valence-electron chi connectivity index (χ0n) is 13.0. The molecule has 0 spiro atoms. The molecule has 0 aliphatic heterocycles. The quantitative estimate of drug-likeness (QED) is 0.745. The zero-order valence-corrected chi connectivity index (χ0v) is 13.0. The summed E-state index contributed by atoms with van der Waals surface area (Å²) in [7, 11) is 1.69. The molecule has 2 rings (SSSR count). The van der Waals surface area contributed by atoms with Gasteiger partial charge in [-0.05, 0) is 49.3 Å². The summed E-state index contributed by atoms with van der Waals surface area (Å²) in [6, 6.07) is 6.18. The van der Waals surface area contributed by atoms with Gasteiger partial charge in [-0.2, -0.15) is 0 Å². The van der Waals surface area contributed by atoms with E-state index >= 15 is 0 Å². The first kappa shape index (κ1) is 15.2. The average Bonchev–Trinajstić information content (AvgIpc) is 3.21. The smallest absolute Gasteiger partial charge is 0.161 e. The lowest BCUT2D eigenvalue weighted by molar-refractivity contribution is 0.310. The van der Waals surface area contributed by atoms with Gasteiger partial charge in [-0.3, -0.25) is 0 Å². The van der Waals surface area contributed by atoms with Gasteiger partial charge in [0.1, 0.15) is 0 Å². The third kappa shape index (κ3) is 3.89. The largest absolute Gasteiger partial charge is 0.493 e. The molecule has 112 valence electrons. The van der Waals surface area contributed by atoms with Crippen LogP contribution in [-0.4, -0.2) is 20.3 Å². The molecule has 1 aliphatic rings. The van der Waals surface area contributed by atoms with E-state index < -0.39 is 0 Å². The second kappa shape index (κ2) is 6.98. The first-order valence-electron chi connectivity index (χ1n) is 7.73. The summed E-state index contributed by atoms with van der Waals surface area (Å²) in [4.78, 5) is 0. The number of benzene rings is 1. The van der Waals surface area contributed by atoms with Crippen molar-refractivity contribution in [2.45, 2.75) is 46.1 Å². The van der Waals surface area contributed by atoms with Crippen LogP contribution < -0.4 is 14.8 Å². The zero-order chi connectivity index (χ0) is 14.4. The second-order valence-corrected chi connectivity index (χ2v) is 5.77. The van der Waals surface area contributed by atoms with Crippen LogP contribution in [0.2, 0.25) is 0 Å². The fraction of sp³-hybridized carbons (Fsp3) is 0.647. The van der Waals surface area contributed by atoms with Crippen LogP contribution in [0.25, 0.3) is 0 Å². The Bertz CT molecular complexity index is 427. The van der Waals surface area contributed by atoms with E-state index in [1.165, 1.54) is 31.2 Å². The maximum absolute atomic E-state index is 5.54. The molecule has 0 amide bonds. The van der Waals surface area contributed by atoms with E-state index in [2.05, 4.69) is 24.4 Å². The molecule has 1 saturated carbocycles. The lowest BCUT2D eigenvalue weighted by Crippen LogP contribution is -2.23. The number of rotatable bonds is 9. The SMILES string of the molecule is CCCC1(CNCc2ccc(OCC)c(OC)c2)CC1. The van der Waals surface area contributed by atoms with Crippen LogP contribution in [0.15, 0.2) is 18.2 Å². The summed E-state index contributed by atoms with van der Waals surface area (Å²) >= 11 is 0. The molecule has 3 heteroatoms. The summed E-state index contributed by atoms with van der Waals surface area (Å²) in [5.74, 6) is 1.64. The molecular formula is C17H27NO2. The van der Waals surface area contributed by atoms with Crippen LogP contribution >= 0.6 is 0 Å². The van der Waals surface area contributed by atoms with Crippen molar-refractivity contribution in [2.75, 3.05) is 20.3 Å². The molecule has 1 aromatic carbocycles. The van der Waals surface area contributed by atoms with Crippen molar-refractivity contribution in [2.24, 2.45) is 5.41 Å². The Morgan fingerprint density at radius 2 is 2.00 bits per heavy atom. The number of hydrogen-bond acceptors (Lipinski definition) is 3. The van der Waals surface area contributed by atoms with Crippen LogP contribution in [0.4, 0.5) is 0 Å². The van der Waals surface area contributed by atoms with Gasteiger partial charge in [-0.1, -0.05) is 19.4 Å². The highest BCUT2D eigenvalue weighted by molar-refractivity contribution is 5.42. The Balaban J connectivity index is 1.86. The highest BCUT2D eigenvalue weighted by Gasteiger charge is 2.40. The van der Waals surface area contributed by atoms with Gasteiger partial charge in [0.05, 0.1) is 13.7 Å². The monoisotopic (exact) mass is 277 g/mol. The Kier molecular flexibility index (Phi) is 5.30. The van der Waals surface area contributed by atoms with E-state index in [9.17, 15) is 0 Å². The molecule has 20 heavy (non-hydrogen) atoms. The van der Waals surface area contributed by atoms with Gasteiger partial charge in [-0.15, -0.1) is 0 Å². The number of methoxy groups -OCH3 is 1. The average molecular weight is 277 g/mol. The van der Waals surface area contributed by atoms with E-state index in [1.54, 1.807) is 7.11 Å². The minimum atomic E-state index is 0.601. The van der Waals surface area contributed by atoms with E-state index in [0.717, 1.165) is 24.6 Å². The highest BCUT2D eigenvalue weighted by atomic mass is 16.5. The first-order valence-corrected chi connectivity index (χ1v) is 7.73. The molecule has 0 radical (unpaired) electrons. The van der Waals surface area contributed by atoms with Gasteiger partial charge >= 0.3 is 0 Å². The van der Waals surface area contributed by atoms with Crippen LogP contribution in [0.3, 0.4) is 0 Å². The molecule has 3 nitrogen and oxygen atoms in total. The minimum absolute atomic E-state index is 0.601. The van der Waals surface area contributed by atoms with Gasteiger partial charge in [-0.25, -0.2) is 0 Å². The van der Waals surface area contributed by atoms with Crippen molar-refractivity contribution in [3.05, 3.63) is 23.8 Å². The Hall–Kier alpha value is -1.22. The first-order chi connectivity index (χ1) is 9.73. The highest BCUT2D eigenvalue weighted by Crippen LogP contribution is 2.48. The summed E-state index contributed by atoms with van der Waals surface area (Å²) in [5, 5.41) is 3.60. The molecule has 1 fully saturated rings. The Labute approximate surface area is 122 Å². The lowest BCUT2D eigenvalue weighted by atomic mass is 10.0. The van der Waals surface area contributed by atoms with Crippen molar-refractivity contribution >= 4 is 0 Å². The summed E-state index contributed by atoms with van der Waals surface area (Å²) in [6.07, 6.45) is 5.42. The molecule has 0 bridgehead atoms. The molecule has 0 unspecified atom stereocenters. The second-order valence-electron chi connectivity index (χ2n) is 5.77. The van der Waals surface area contributed by atoms with Gasteiger partial charge in [0.15, 0.2) is 11.5 Å². The van der Waals surface area contributed by atoms with E-state index in [0.29, 0.717) is 12.0 Å². The third-order valence-corrected chi connectivity index (χ3v) is 4.09. The molecular weight excluding hydrogens is 250 g/mol. The topological polar surface area (TPSA) is 30.5 Å². The number of ether oxygens (including phenoxy) is 2. The van der Waals surface area contributed by atoms with E-state index in [4.69, 9.17) is 9.47 Å². The van der Waals surface area contributed by atoms with Crippen molar-refractivity contribution in [3.8, 4) is 11.5 Å². The van der Waals surface area contributed by atoms with Crippen LogP contribution in [-0.2, 0) is 6.54 Å². The molecule has 0 aromatic heterocycles. The van der Waals surface area contributed by atoms with Crippen LogP contribution in [0, 0.1) is 5.41 Å². The van der Waals surface area contributed by atoms with Crippen molar-refractivity contribution < 1.29 is 9.47 Å². The standard InChI is InChI=1S/C17H27NO2/c1-4-8-17(9-10-17)13-18-12-14-6-7-15(20-5-2)16(11-14)19-3/h6-7,11,18H,4-5,8-10,12-13H2,1-3H3. The summed E-state index contributed by atoms with van der Waals surface area (Å²) in [5.41, 5.74) is 1.85. The molecule has 0 atom stereocenters. The predicted molar refractivity (Wildman–Crippen MR) is 82.4 cm³/mol. The van der Waals surface area contributed by atoms with Crippen molar-refractivity contribution in [1.29, 1.82) is 0 Å². The molecule has 1 N–H and O–H groups in total. The number of hydrogen-bond donors (Lipinski definition) is 1. The van der Waals surface area contributed by atoms with Crippen molar-refractivity contribution in [1.82, 2.24) is 5.32 Å². The lowest BCUT2D eigenvalue weighted by Gasteiger charge is -2.16. The Morgan fingerprint density at radius 1 is 1.20 bits per heavy atom. The molecule has 1 aromatic rings. The number of nitrogens with one attached hydrogen (secondary N) is 1. The molecule has 0 heterocycles. The van der Waals surface area contributed by atoms with Crippen molar-refractivity contribution in [3.63, 3.8) is 0 Å². The van der Waals surface area contributed by atoms with Gasteiger partial charge in [0.25, 0.3) is 0 Å². The van der Waals surface area contributed by atoms with Gasteiger partial charge in [0, 0.05) is 13.1 Å². The fourth-order valence-corrected chi connectivity index (χ4v) is 2.79. The van der Waals surface area contributed by atoms with E-state index in [1.807, 2.05) is 13.0 Å². The third-order valence-electron chi connectivity index (χ3n) is 4.09. The Morgan fingerprint density at radius 3 is 2.60 bits per heavy atom. The summed E-state index contributed by atoms with van der Waals surface area (Å²) in [6.45, 7) is 6.95. The van der Waals surface area contributed by atoms with E-state index in [-0.39, 0.29) is 0 Å².